The van der Waals surface area contributed by atoms with Gasteiger partial charge in [-0.15, -0.1) is 0 Å². The molecule has 0 unspecified atom stereocenters. The van der Waals surface area contributed by atoms with Gasteiger partial charge in [-0.1, -0.05) is 29.8 Å². The molecular weight excluding hydrogens is 317 g/mol. The summed E-state index contributed by atoms with van der Waals surface area (Å²) >= 11 is 0. The number of aryl methyl sites for hydroxylation is 1. The molecule has 0 saturated heterocycles. The van der Waals surface area contributed by atoms with Crippen LogP contribution in [0.15, 0.2) is 66.9 Å². The monoisotopic (exact) mass is 333 g/mol. The topological polar surface area (TPSA) is 45.2 Å². The lowest BCUT2D eigenvalue weighted by Crippen LogP contribution is -2.32. The van der Waals surface area contributed by atoms with Crippen LogP contribution >= 0.6 is 0 Å². The third kappa shape index (κ3) is 2.63. The number of benzene rings is 2. The molecule has 1 atom stereocenters. The summed E-state index contributed by atoms with van der Waals surface area (Å²) in [6.45, 7) is 1.99. The Labute approximate surface area is 144 Å². The summed E-state index contributed by atoms with van der Waals surface area (Å²) in [5, 5.41) is 3.13. The highest BCUT2D eigenvalue weighted by Gasteiger charge is 2.39. The molecule has 0 radical (unpaired) electrons. The predicted molar refractivity (Wildman–Crippen MR) is 95.0 cm³/mol. The molecule has 2 aromatic carbocycles. The van der Waals surface area contributed by atoms with Gasteiger partial charge in [-0.3, -0.25) is 14.7 Å². The summed E-state index contributed by atoms with van der Waals surface area (Å²) in [6, 6.07) is 17.5. The van der Waals surface area contributed by atoms with Gasteiger partial charge in [-0.05, 0) is 43.3 Å². The van der Waals surface area contributed by atoms with Crippen molar-refractivity contribution >= 4 is 17.3 Å². The van der Waals surface area contributed by atoms with E-state index in [1.54, 1.807) is 41.4 Å². The highest BCUT2D eigenvalue weighted by Crippen LogP contribution is 2.37. The number of anilines is 2. The number of para-hydroxylation sites is 1. The number of carbonyl (C=O) groups is 1. The Balaban J connectivity index is 1.80. The van der Waals surface area contributed by atoms with Gasteiger partial charge >= 0.3 is 0 Å². The summed E-state index contributed by atoms with van der Waals surface area (Å²) in [4.78, 5) is 18.9. The lowest BCUT2D eigenvalue weighted by atomic mass is 10.2. The Hall–Kier alpha value is -3.21. The summed E-state index contributed by atoms with van der Waals surface area (Å²) in [6.07, 6.45) is 1.07. The van der Waals surface area contributed by atoms with Crippen LogP contribution in [0.3, 0.4) is 0 Å². The molecule has 25 heavy (non-hydrogen) atoms. The van der Waals surface area contributed by atoms with Crippen LogP contribution in [0.25, 0.3) is 0 Å². The number of nitrogens with one attached hydrogen (secondary N) is 1. The first kappa shape index (κ1) is 15.3. The van der Waals surface area contributed by atoms with Crippen LogP contribution < -0.4 is 10.2 Å². The maximum absolute atomic E-state index is 14.1. The van der Waals surface area contributed by atoms with Gasteiger partial charge in [0, 0.05) is 11.9 Å². The Kier molecular flexibility index (Phi) is 3.69. The molecule has 0 spiro atoms. The lowest BCUT2D eigenvalue weighted by molar-refractivity contribution is 0.0993. The fourth-order valence-corrected chi connectivity index (χ4v) is 3.02. The van der Waals surface area contributed by atoms with Gasteiger partial charge in [-0.25, -0.2) is 4.39 Å². The molecule has 0 aliphatic carbocycles. The number of nitrogens with zero attached hydrogens (tertiary/aromatic N) is 2. The molecule has 3 aromatic rings. The lowest BCUT2D eigenvalue weighted by Gasteiger charge is -2.26. The van der Waals surface area contributed by atoms with Crippen molar-refractivity contribution in [1.29, 1.82) is 0 Å². The second-order valence-corrected chi connectivity index (χ2v) is 5.97. The molecule has 0 bridgehead atoms. The Bertz CT molecular complexity index is 940. The van der Waals surface area contributed by atoms with Crippen LogP contribution in [0.4, 0.5) is 15.8 Å². The van der Waals surface area contributed by atoms with Crippen LogP contribution in [0.1, 0.15) is 27.8 Å². The molecule has 1 amide bonds. The van der Waals surface area contributed by atoms with Crippen LogP contribution in [0.2, 0.25) is 0 Å². The number of rotatable bonds is 3. The number of hydrogen-bond donors (Lipinski definition) is 1. The third-order valence-corrected chi connectivity index (χ3v) is 4.28. The van der Waals surface area contributed by atoms with Gasteiger partial charge in [0.15, 0.2) is 6.17 Å². The molecule has 4 rings (SSSR count). The number of halogens is 1. The van der Waals surface area contributed by atoms with E-state index in [0.29, 0.717) is 16.9 Å². The van der Waals surface area contributed by atoms with Gasteiger partial charge in [0.05, 0.1) is 16.9 Å². The number of hydrogen-bond acceptors (Lipinski definition) is 3. The van der Waals surface area contributed by atoms with E-state index >= 15 is 0 Å². The highest BCUT2D eigenvalue weighted by molar-refractivity contribution is 6.11. The average molecular weight is 333 g/mol. The zero-order chi connectivity index (χ0) is 17.4. The average Bonchev–Trinajstić information content (AvgIpc) is 2.90. The molecule has 2 heterocycles. The molecule has 5 heteroatoms. The van der Waals surface area contributed by atoms with Crippen molar-refractivity contribution < 1.29 is 9.18 Å². The van der Waals surface area contributed by atoms with Gasteiger partial charge in [0.25, 0.3) is 5.91 Å². The Morgan fingerprint density at radius 1 is 1.04 bits per heavy atom. The number of pyridine rings is 1. The van der Waals surface area contributed by atoms with Crippen LogP contribution in [0, 0.1) is 12.7 Å². The number of amides is 1. The van der Waals surface area contributed by atoms with Gasteiger partial charge in [0.1, 0.15) is 5.82 Å². The van der Waals surface area contributed by atoms with Gasteiger partial charge in [-0.2, -0.15) is 0 Å². The van der Waals surface area contributed by atoms with E-state index in [1.165, 1.54) is 6.07 Å². The van der Waals surface area contributed by atoms with Crippen molar-refractivity contribution in [1.82, 2.24) is 4.98 Å². The number of aromatic nitrogens is 1. The highest BCUT2D eigenvalue weighted by atomic mass is 19.1. The number of carbonyl (C=O) groups excluding carboxylic acids is 1. The standard InChI is InChI=1S/C20H16FN3O/c1-13-8-10-14(11-9-13)24-19(23-17-7-3-2-6-16(17)21)18-15(20(24)25)5-4-12-22-18/h2-12,19,23H,1H3/t19-/m0/s1. The second-order valence-electron chi connectivity index (χ2n) is 5.97. The van der Waals surface area contributed by atoms with Crippen molar-refractivity contribution in [2.75, 3.05) is 10.2 Å². The number of fused-ring (bicyclic) bond motifs is 1. The fourth-order valence-electron chi connectivity index (χ4n) is 3.02. The quantitative estimate of drug-likeness (QED) is 0.777. The minimum Gasteiger partial charge on any atom is -0.357 e. The summed E-state index contributed by atoms with van der Waals surface area (Å²) in [7, 11) is 0. The van der Waals surface area contributed by atoms with E-state index in [-0.39, 0.29) is 11.7 Å². The van der Waals surface area contributed by atoms with E-state index < -0.39 is 6.17 Å². The van der Waals surface area contributed by atoms with E-state index in [1.807, 2.05) is 31.2 Å². The third-order valence-electron chi connectivity index (χ3n) is 4.28. The van der Waals surface area contributed by atoms with Crippen molar-refractivity contribution in [2.45, 2.75) is 13.1 Å². The minimum atomic E-state index is -0.566. The predicted octanol–water partition coefficient (Wildman–Crippen LogP) is 4.30. The zero-order valence-corrected chi connectivity index (χ0v) is 13.6. The maximum Gasteiger partial charge on any atom is 0.262 e. The largest absolute Gasteiger partial charge is 0.357 e. The van der Waals surface area contributed by atoms with E-state index in [4.69, 9.17) is 0 Å². The molecule has 124 valence electrons. The normalized spacial score (nSPS) is 16.0. The first-order valence-electron chi connectivity index (χ1n) is 8.01. The van der Waals surface area contributed by atoms with E-state index in [0.717, 1.165) is 11.3 Å². The summed E-state index contributed by atoms with van der Waals surface area (Å²) in [5.41, 5.74) is 3.29. The summed E-state index contributed by atoms with van der Waals surface area (Å²) in [5.74, 6) is -0.524. The SMILES string of the molecule is Cc1ccc(N2C(=O)c3cccnc3[C@H]2Nc2ccccc2F)cc1. The molecule has 0 fully saturated rings. The van der Waals surface area contributed by atoms with Crippen molar-refractivity contribution in [3.05, 3.63) is 89.5 Å². The van der Waals surface area contributed by atoms with Crippen LogP contribution in [-0.4, -0.2) is 10.9 Å². The molecular formula is C20H16FN3O. The Morgan fingerprint density at radius 3 is 2.56 bits per heavy atom. The van der Waals surface area contributed by atoms with Crippen molar-refractivity contribution in [3.8, 4) is 0 Å². The molecule has 1 aliphatic rings. The van der Waals surface area contributed by atoms with Crippen molar-refractivity contribution in [3.63, 3.8) is 0 Å². The van der Waals surface area contributed by atoms with Crippen molar-refractivity contribution in [2.24, 2.45) is 0 Å². The van der Waals surface area contributed by atoms with Gasteiger partial charge < -0.3 is 5.32 Å². The second kappa shape index (κ2) is 6.02. The van der Waals surface area contributed by atoms with E-state index in [9.17, 15) is 9.18 Å². The fraction of sp³-hybridized carbons (Fsp3) is 0.100. The first-order chi connectivity index (χ1) is 12.1. The van der Waals surface area contributed by atoms with Gasteiger partial charge in [0.2, 0.25) is 0 Å². The first-order valence-corrected chi connectivity index (χ1v) is 8.01. The van der Waals surface area contributed by atoms with Crippen LogP contribution in [0.5, 0.6) is 0 Å². The molecule has 0 saturated carbocycles. The van der Waals surface area contributed by atoms with E-state index in [2.05, 4.69) is 10.3 Å². The molecule has 1 aliphatic heterocycles. The smallest absolute Gasteiger partial charge is 0.262 e. The molecule has 4 nitrogen and oxygen atoms in total. The summed E-state index contributed by atoms with van der Waals surface area (Å²) < 4.78 is 14.1. The molecule has 1 N–H and O–H groups in total. The molecule has 1 aromatic heterocycles. The van der Waals surface area contributed by atoms with Crippen LogP contribution in [-0.2, 0) is 0 Å². The zero-order valence-electron chi connectivity index (χ0n) is 13.6. The maximum atomic E-state index is 14.1. The Morgan fingerprint density at radius 2 is 1.80 bits per heavy atom. The minimum absolute atomic E-state index is 0.152.